The zero-order chi connectivity index (χ0) is 29.8. The van der Waals surface area contributed by atoms with Gasteiger partial charge in [0.25, 0.3) is 0 Å². The van der Waals surface area contributed by atoms with E-state index in [0.717, 1.165) is 38.5 Å². The van der Waals surface area contributed by atoms with Crippen LogP contribution >= 0.6 is 0 Å². The summed E-state index contributed by atoms with van der Waals surface area (Å²) in [6, 6.07) is 0. The molecular formula is C39H62O3VWY-4. The van der Waals surface area contributed by atoms with Crippen LogP contribution in [0.5, 0.6) is 0 Å². The van der Waals surface area contributed by atoms with Crippen molar-refractivity contribution < 1.29 is 86.6 Å². The quantitative estimate of drug-likeness (QED) is 0.161. The molecule has 0 amide bonds. The first-order valence-electron chi connectivity index (χ1n) is 17.2. The molecule has 0 spiro atoms. The van der Waals surface area contributed by atoms with Crippen LogP contribution < -0.4 is 0 Å². The smallest absolute Gasteiger partial charge is 0.157 e. The summed E-state index contributed by atoms with van der Waals surface area (Å²) < 4.78 is 13.4. The molecule has 4 saturated carbocycles. The molecule has 5 fully saturated rings. The van der Waals surface area contributed by atoms with Crippen molar-refractivity contribution in [2.24, 2.45) is 62.6 Å². The van der Waals surface area contributed by atoms with Crippen LogP contribution in [0.15, 0.2) is 11.6 Å². The topological polar surface area (TPSA) is 35.5 Å². The van der Waals surface area contributed by atoms with E-state index in [9.17, 15) is 4.79 Å². The summed E-state index contributed by atoms with van der Waals surface area (Å²) in [5.74, 6) is 4.76. The summed E-state index contributed by atoms with van der Waals surface area (Å²) >= 11 is 0. The predicted octanol–water partition coefficient (Wildman–Crippen LogP) is 9.76. The van der Waals surface area contributed by atoms with Crippen molar-refractivity contribution in [3.63, 3.8) is 0 Å². The van der Waals surface area contributed by atoms with E-state index >= 15 is 0 Å². The fourth-order valence-corrected chi connectivity index (χ4v) is 11.6. The van der Waals surface area contributed by atoms with Crippen LogP contribution in [0.3, 0.4) is 0 Å². The summed E-state index contributed by atoms with van der Waals surface area (Å²) in [6.07, 6.45) is 18.3. The Balaban J connectivity index is 0.00000176. The maximum absolute atomic E-state index is 12.6. The van der Waals surface area contributed by atoms with Gasteiger partial charge in [0, 0.05) is 78.2 Å². The van der Waals surface area contributed by atoms with Gasteiger partial charge in [-0.2, -0.15) is 19.3 Å². The summed E-state index contributed by atoms with van der Waals surface area (Å²) in [7, 11) is 0. The average molecular weight is 903 g/mol. The van der Waals surface area contributed by atoms with E-state index in [4.69, 9.17) is 9.47 Å². The van der Waals surface area contributed by atoms with Crippen LogP contribution in [-0.4, -0.2) is 24.8 Å². The number of rotatable bonds is 3. The normalized spacial score (nSPS) is 50.2. The Bertz CT molecular complexity index is 1080. The molecule has 1 heterocycles. The van der Waals surface area contributed by atoms with Gasteiger partial charge >= 0.3 is 0 Å². The van der Waals surface area contributed by atoms with Gasteiger partial charge in [0.05, 0.1) is 6.10 Å². The predicted molar refractivity (Wildman–Crippen MR) is 173 cm³/mol. The molecule has 0 aromatic heterocycles. The zero-order valence-corrected chi connectivity index (χ0v) is 37.5. The van der Waals surface area contributed by atoms with Gasteiger partial charge < -0.3 is 28.1 Å². The minimum Gasteiger partial charge on any atom is -0.544 e. The van der Waals surface area contributed by atoms with Crippen LogP contribution in [-0.2, 0) is 86.6 Å². The van der Waals surface area contributed by atoms with Gasteiger partial charge in [-0.25, -0.2) is 0 Å². The monoisotopic (exact) mass is 902 g/mol. The van der Waals surface area contributed by atoms with Crippen LogP contribution in [0.1, 0.15) is 127 Å². The summed E-state index contributed by atoms with van der Waals surface area (Å²) in [5, 5.41) is 0. The molecule has 0 N–H and O–H groups in total. The Labute approximate surface area is 329 Å². The number of carbonyl (C=O) groups excluding carboxylic acids is 1. The maximum Gasteiger partial charge on any atom is 0.157 e. The average Bonchev–Trinajstić information content (AvgIpc) is 2.92. The first-order chi connectivity index (χ1) is 19.1. The van der Waals surface area contributed by atoms with Crippen molar-refractivity contribution in [1.82, 2.24) is 0 Å². The SMILES string of the molecule is C[C-]1[C@@H](O[C@@H]2OC(C)[C@@H](C)[C@H](C)C2C)CCC2(C)C3CC=C4C5CC(C)(C)CC[C@]5([C-]=O)[CH-]C[C@@]4(C)C3(C)CC[C@@H]12.[CH3-].[V].[W].[Y]. The molecule has 1 aliphatic heterocycles. The molecule has 2 radical (unpaired) electrons. The summed E-state index contributed by atoms with van der Waals surface area (Å²) in [6.45, 7) is 24.3. The van der Waals surface area contributed by atoms with Crippen LogP contribution in [0, 0.1) is 82.3 Å². The maximum atomic E-state index is 12.6. The molecule has 5 aliphatic carbocycles. The van der Waals surface area contributed by atoms with Crippen molar-refractivity contribution in [3.05, 3.63) is 31.4 Å². The first kappa shape index (κ1) is 42.9. The molecule has 0 aromatic carbocycles. The van der Waals surface area contributed by atoms with E-state index in [1.807, 2.05) is 0 Å². The van der Waals surface area contributed by atoms with E-state index < -0.39 is 0 Å². The van der Waals surface area contributed by atoms with Gasteiger partial charge in [0.2, 0.25) is 0 Å². The summed E-state index contributed by atoms with van der Waals surface area (Å²) in [4.78, 5) is 12.6. The van der Waals surface area contributed by atoms with Gasteiger partial charge in [-0.1, -0.05) is 110 Å². The Morgan fingerprint density at radius 2 is 1.64 bits per heavy atom. The number of hydrogen-bond acceptors (Lipinski definition) is 3. The standard InChI is InChI=1S/C38H59O3.CH3.V.W.Y/c1-23-24(2)27(5)40-33(25(23)3)41-31-14-15-35(8)28(26(31)4)13-16-37(10)32(35)12-11-29-30-21-34(6,7)17-19-38(30,22-39)20-18-36(29,37)9;;;;/h11,20,23-25,27-28,30-33H,12-19,21H2,1-10H3;1H3;;;/q-3;-1;;;/t23-,24-,25?,27?,28-,30?,31-,32?,33-,35?,36+,37?,38+;;;;/m0..../s1. The molecule has 6 heteroatoms. The van der Waals surface area contributed by atoms with Crippen molar-refractivity contribution in [2.75, 3.05) is 0 Å². The molecule has 6 aliphatic rings. The fourth-order valence-electron chi connectivity index (χ4n) is 11.6. The van der Waals surface area contributed by atoms with E-state index in [2.05, 4.69) is 88.0 Å². The third-order valence-corrected chi connectivity index (χ3v) is 15.3. The fraction of sp³-hybridized carbons (Fsp3) is 0.846. The van der Waals surface area contributed by atoms with Crippen LogP contribution in [0.25, 0.3) is 0 Å². The number of allylic oxidation sites excluding steroid dienone is 2. The van der Waals surface area contributed by atoms with Gasteiger partial charge in [-0.05, 0) is 66.6 Å². The van der Waals surface area contributed by atoms with Crippen molar-refractivity contribution in [1.29, 1.82) is 0 Å². The zero-order valence-electron chi connectivity index (χ0n) is 30.4. The van der Waals surface area contributed by atoms with Crippen molar-refractivity contribution in [2.45, 2.75) is 146 Å². The molecule has 45 heavy (non-hydrogen) atoms. The van der Waals surface area contributed by atoms with Gasteiger partial charge in [0.15, 0.2) is 6.29 Å². The molecule has 13 atom stereocenters. The van der Waals surface area contributed by atoms with E-state index in [0.29, 0.717) is 35.5 Å². The van der Waals surface area contributed by atoms with E-state index in [-0.39, 0.29) is 125 Å². The molecule has 6 unspecified atom stereocenters. The largest absolute Gasteiger partial charge is 0.544 e. The minimum absolute atomic E-state index is 0. The molecular weight excluding hydrogens is 840 g/mol. The number of ether oxygens (including phenoxy) is 2. The Kier molecular flexibility index (Phi) is 14.0. The second-order valence-corrected chi connectivity index (χ2v) is 17.5. The Morgan fingerprint density at radius 3 is 2.29 bits per heavy atom. The van der Waals surface area contributed by atoms with Gasteiger partial charge in [-0.3, -0.25) is 17.6 Å². The van der Waals surface area contributed by atoms with E-state index in [1.165, 1.54) is 19.3 Å². The third-order valence-electron chi connectivity index (χ3n) is 15.3. The van der Waals surface area contributed by atoms with Crippen LogP contribution in [0.4, 0.5) is 0 Å². The molecule has 1 saturated heterocycles. The molecule has 0 aromatic rings. The third kappa shape index (κ3) is 6.52. The second kappa shape index (κ2) is 14.7. The van der Waals surface area contributed by atoms with Crippen molar-refractivity contribution in [3.8, 4) is 0 Å². The Hall–Kier alpha value is 1.71. The number of hydrogen-bond donors (Lipinski definition) is 0. The van der Waals surface area contributed by atoms with Crippen LogP contribution in [0.2, 0.25) is 0 Å². The molecule has 6 rings (SSSR count). The van der Waals surface area contributed by atoms with E-state index in [1.54, 1.807) is 11.5 Å². The number of fused-ring (bicyclic) bond motifs is 7. The van der Waals surface area contributed by atoms with Crippen molar-refractivity contribution >= 4 is 6.29 Å². The van der Waals surface area contributed by atoms with Gasteiger partial charge in [0.1, 0.15) is 0 Å². The summed E-state index contributed by atoms with van der Waals surface area (Å²) in [5.41, 5.74) is 2.19. The van der Waals surface area contributed by atoms with Gasteiger partial charge in [-0.15, -0.1) is 0 Å². The Morgan fingerprint density at radius 1 is 0.978 bits per heavy atom. The molecule has 0 bridgehead atoms. The first-order valence-corrected chi connectivity index (χ1v) is 17.2. The molecule has 3 nitrogen and oxygen atoms in total. The molecule has 254 valence electrons. The minimum atomic E-state index is -0.365. The second-order valence-electron chi connectivity index (χ2n) is 17.5.